The maximum Gasteiger partial charge on any atom is 0.366 e. The first-order valence-electron chi connectivity index (χ1n) is 8.67. The fraction of sp³-hybridized carbons (Fsp3) is 0.150. The van der Waals surface area contributed by atoms with Gasteiger partial charge in [-0.15, -0.1) is 11.8 Å². The zero-order chi connectivity index (χ0) is 20.5. The monoisotopic (exact) mass is 409 g/mol. The topological polar surface area (TPSA) is 103 Å². The molecule has 146 valence electrons. The average Bonchev–Trinajstić information content (AvgIpc) is 3.18. The molecule has 8 nitrogen and oxygen atoms in total. The first-order valence-corrected chi connectivity index (χ1v) is 9.65. The molecule has 0 saturated heterocycles. The lowest BCUT2D eigenvalue weighted by atomic mass is 10.1. The van der Waals surface area contributed by atoms with Crippen molar-refractivity contribution in [2.75, 3.05) is 0 Å². The minimum Gasteiger partial charge on any atom is -0.361 e. The SMILES string of the molecule is Cc1noc(C)c1CSc1ncccc1C(=O)ON1C(=O)c2ccccc2C1=O. The van der Waals surface area contributed by atoms with Gasteiger partial charge >= 0.3 is 5.97 Å². The number of carbonyl (C=O) groups excluding carboxylic acids is 3. The number of fused-ring (bicyclic) bond motifs is 1. The molecule has 1 aliphatic heterocycles. The highest BCUT2D eigenvalue weighted by Crippen LogP contribution is 2.29. The Morgan fingerprint density at radius 3 is 2.41 bits per heavy atom. The van der Waals surface area contributed by atoms with Gasteiger partial charge in [-0.3, -0.25) is 9.59 Å². The highest BCUT2D eigenvalue weighted by molar-refractivity contribution is 7.98. The summed E-state index contributed by atoms with van der Waals surface area (Å²) < 4.78 is 5.15. The number of amides is 2. The summed E-state index contributed by atoms with van der Waals surface area (Å²) in [6.07, 6.45) is 1.55. The molecule has 2 amide bonds. The first-order chi connectivity index (χ1) is 14.0. The summed E-state index contributed by atoms with van der Waals surface area (Å²) in [5.74, 6) is -0.999. The Kier molecular flexibility index (Phi) is 4.89. The first kappa shape index (κ1) is 18.9. The molecule has 0 spiro atoms. The number of rotatable bonds is 5. The molecule has 4 rings (SSSR count). The molecule has 0 bridgehead atoms. The molecular formula is C20H15N3O5S. The molecule has 0 aliphatic carbocycles. The minimum atomic E-state index is -0.839. The van der Waals surface area contributed by atoms with E-state index in [9.17, 15) is 14.4 Å². The van der Waals surface area contributed by atoms with Gasteiger partial charge in [0.05, 0.1) is 22.4 Å². The van der Waals surface area contributed by atoms with Gasteiger partial charge < -0.3 is 9.36 Å². The number of imide groups is 1. The van der Waals surface area contributed by atoms with E-state index in [0.29, 0.717) is 21.6 Å². The molecule has 0 N–H and O–H groups in total. The molecule has 3 heterocycles. The number of hydrogen-bond acceptors (Lipinski definition) is 8. The molecule has 1 aliphatic rings. The molecule has 3 aromatic rings. The number of hydroxylamine groups is 2. The van der Waals surface area contributed by atoms with Crippen LogP contribution in [0.15, 0.2) is 52.1 Å². The smallest absolute Gasteiger partial charge is 0.361 e. The van der Waals surface area contributed by atoms with Crippen molar-refractivity contribution >= 4 is 29.5 Å². The van der Waals surface area contributed by atoms with E-state index < -0.39 is 17.8 Å². The Bertz CT molecular complexity index is 1090. The molecule has 9 heteroatoms. The van der Waals surface area contributed by atoms with Gasteiger partial charge in [0.25, 0.3) is 11.8 Å². The second-order valence-corrected chi connectivity index (χ2v) is 7.24. The molecule has 0 unspecified atom stereocenters. The number of aromatic nitrogens is 2. The Balaban J connectivity index is 1.53. The summed E-state index contributed by atoms with van der Waals surface area (Å²) in [4.78, 5) is 46.9. The van der Waals surface area contributed by atoms with Crippen LogP contribution in [0.2, 0.25) is 0 Å². The van der Waals surface area contributed by atoms with Gasteiger partial charge in [0.1, 0.15) is 10.8 Å². The van der Waals surface area contributed by atoms with Gasteiger partial charge in [-0.2, -0.15) is 0 Å². The fourth-order valence-corrected chi connectivity index (χ4v) is 4.03. The third-order valence-electron chi connectivity index (χ3n) is 4.46. The number of carbonyl (C=O) groups is 3. The molecule has 0 saturated carbocycles. The summed E-state index contributed by atoms with van der Waals surface area (Å²) in [6.45, 7) is 3.65. The number of hydrogen-bond donors (Lipinski definition) is 0. The molecule has 29 heavy (non-hydrogen) atoms. The van der Waals surface area contributed by atoms with Crippen LogP contribution in [0.1, 0.15) is 48.1 Å². The normalized spacial score (nSPS) is 13.0. The van der Waals surface area contributed by atoms with Gasteiger partial charge in [0, 0.05) is 17.5 Å². The van der Waals surface area contributed by atoms with Crippen molar-refractivity contribution in [2.45, 2.75) is 24.6 Å². The largest absolute Gasteiger partial charge is 0.366 e. The number of thioether (sulfide) groups is 1. The zero-order valence-corrected chi connectivity index (χ0v) is 16.4. The molecule has 0 radical (unpaired) electrons. The Morgan fingerprint density at radius 1 is 1.10 bits per heavy atom. The summed E-state index contributed by atoms with van der Waals surface area (Å²) in [5.41, 5.74) is 2.23. The fourth-order valence-electron chi connectivity index (χ4n) is 2.89. The van der Waals surface area contributed by atoms with Crippen molar-refractivity contribution in [3.8, 4) is 0 Å². The molecule has 2 aromatic heterocycles. The number of aryl methyl sites for hydroxylation is 2. The maximum atomic E-state index is 12.7. The van der Waals surface area contributed by atoms with Crippen molar-refractivity contribution < 1.29 is 23.7 Å². The van der Waals surface area contributed by atoms with Gasteiger partial charge in [0.2, 0.25) is 0 Å². The Hall–Kier alpha value is -3.46. The zero-order valence-electron chi connectivity index (χ0n) is 15.5. The molecular weight excluding hydrogens is 394 g/mol. The predicted octanol–water partition coefficient (Wildman–Crippen LogP) is 3.35. The number of pyridine rings is 1. The van der Waals surface area contributed by atoms with E-state index in [1.165, 1.54) is 30.0 Å². The van der Waals surface area contributed by atoms with Crippen LogP contribution in [0, 0.1) is 13.8 Å². The highest BCUT2D eigenvalue weighted by Gasteiger charge is 2.39. The van der Waals surface area contributed by atoms with Crippen LogP contribution >= 0.6 is 11.8 Å². The van der Waals surface area contributed by atoms with Crippen molar-refractivity contribution in [3.63, 3.8) is 0 Å². The summed E-state index contributed by atoms with van der Waals surface area (Å²) in [7, 11) is 0. The van der Waals surface area contributed by atoms with Crippen LogP contribution in [0.25, 0.3) is 0 Å². The molecule has 1 aromatic carbocycles. The lowest BCUT2D eigenvalue weighted by Crippen LogP contribution is -2.32. The lowest BCUT2D eigenvalue weighted by molar-refractivity contribution is -0.0587. The summed E-state index contributed by atoms with van der Waals surface area (Å²) in [6, 6.07) is 9.42. The van der Waals surface area contributed by atoms with Gasteiger partial charge in [-0.1, -0.05) is 22.4 Å². The number of benzene rings is 1. The van der Waals surface area contributed by atoms with Crippen LogP contribution in [-0.2, 0) is 10.6 Å². The van der Waals surface area contributed by atoms with Crippen molar-refractivity contribution in [2.24, 2.45) is 0 Å². The van der Waals surface area contributed by atoms with Gasteiger partial charge in [0.15, 0.2) is 0 Å². The third-order valence-corrected chi connectivity index (χ3v) is 5.49. The van der Waals surface area contributed by atoms with Crippen LogP contribution in [0.5, 0.6) is 0 Å². The standard InChI is InChI=1S/C20H15N3O5S/c1-11-16(12(2)27-22-11)10-29-17-15(8-5-9-21-17)20(26)28-23-18(24)13-6-3-4-7-14(13)19(23)25/h3-9H,10H2,1-2H3. The van der Waals surface area contributed by atoms with Gasteiger partial charge in [-0.25, -0.2) is 9.78 Å². The van der Waals surface area contributed by atoms with Crippen LogP contribution < -0.4 is 0 Å². The van der Waals surface area contributed by atoms with Crippen LogP contribution in [-0.4, -0.2) is 33.0 Å². The maximum absolute atomic E-state index is 12.7. The van der Waals surface area contributed by atoms with E-state index in [1.807, 2.05) is 13.8 Å². The van der Waals surface area contributed by atoms with Crippen molar-refractivity contribution in [1.82, 2.24) is 15.2 Å². The van der Waals surface area contributed by atoms with E-state index in [4.69, 9.17) is 9.36 Å². The number of nitrogens with zero attached hydrogens (tertiary/aromatic N) is 3. The van der Waals surface area contributed by atoms with E-state index in [0.717, 1.165) is 11.3 Å². The highest BCUT2D eigenvalue weighted by atomic mass is 32.2. The lowest BCUT2D eigenvalue weighted by Gasteiger charge is -2.14. The average molecular weight is 409 g/mol. The quantitative estimate of drug-likeness (QED) is 0.467. The van der Waals surface area contributed by atoms with Crippen LogP contribution in [0.3, 0.4) is 0 Å². The second-order valence-electron chi connectivity index (χ2n) is 6.28. The minimum absolute atomic E-state index is 0.154. The second kappa shape index (κ2) is 7.51. The summed E-state index contributed by atoms with van der Waals surface area (Å²) >= 11 is 1.31. The van der Waals surface area contributed by atoms with E-state index in [2.05, 4.69) is 10.1 Å². The summed E-state index contributed by atoms with van der Waals surface area (Å²) in [5, 5.41) is 4.81. The Labute approximate surface area is 169 Å². The predicted molar refractivity (Wildman–Crippen MR) is 102 cm³/mol. The molecule has 0 atom stereocenters. The van der Waals surface area contributed by atoms with Gasteiger partial charge in [-0.05, 0) is 38.1 Å². The third kappa shape index (κ3) is 3.40. The van der Waals surface area contributed by atoms with E-state index in [-0.39, 0.29) is 16.7 Å². The van der Waals surface area contributed by atoms with Crippen LogP contribution in [0.4, 0.5) is 0 Å². The van der Waals surface area contributed by atoms with Crippen molar-refractivity contribution in [1.29, 1.82) is 0 Å². The van der Waals surface area contributed by atoms with E-state index >= 15 is 0 Å². The van der Waals surface area contributed by atoms with Crippen molar-refractivity contribution in [3.05, 3.63) is 76.3 Å². The van der Waals surface area contributed by atoms with E-state index in [1.54, 1.807) is 24.4 Å². The Morgan fingerprint density at radius 2 is 1.79 bits per heavy atom. The molecule has 0 fully saturated rings.